The van der Waals surface area contributed by atoms with Crippen molar-refractivity contribution in [2.24, 2.45) is 0 Å². The van der Waals surface area contributed by atoms with Crippen LogP contribution in [0.4, 0.5) is 0 Å². The number of benzene rings is 2. The minimum atomic E-state index is 0.0481. The number of carbonyl (C=O) groups excluding carboxylic acids is 1. The Hall–Kier alpha value is -2.60. The highest BCUT2D eigenvalue weighted by molar-refractivity contribution is 7.99. The highest BCUT2D eigenvalue weighted by Gasteiger charge is 2.22. The Labute approximate surface area is 175 Å². The van der Waals surface area contributed by atoms with E-state index >= 15 is 0 Å². The number of carbonyl (C=O) groups is 1. The summed E-state index contributed by atoms with van der Waals surface area (Å²) in [5.41, 5.74) is 3.83. The molecule has 0 saturated carbocycles. The first-order chi connectivity index (χ1) is 14.2. The van der Waals surface area contributed by atoms with E-state index in [4.69, 9.17) is 0 Å². The topological polar surface area (TPSA) is 59.8 Å². The minimum Gasteiger partial charge on any atom is -0.349 e. The highest BCUT2D eigenvalue weighted by atomic mass is 32.2. The lowest BCUT2D eigenvalue weighted by Gasteiger charge is -2.26. The molecule has 1 N–H and O–H groups in total. The average molecular weight is 407 g/mol. The molecule has 0 saturated heterocycles. The fourth-order valence-corrected chi connectivity index (χ4v) is 4.76. The molecule has 1 unspecified atom stereocenters. The summed E-state index contributed by atoms with van der Waals surface area (Å²) >= 11 is 1.46. The van der Waals surface area contributed by atoms with Crippen LogP contribution in [0.5, 0.6) is 0 Å². The highest BCUT2D eigenvalue weighted by Crippen LogP contribution is 2.29. The Morgan fingerprint density at radius 2 is 1.93 bits per heavy atom. The number of rotatable bonds is 7. The van der Waals surface area contributed by atoms with Crippen LogP contribution in [0.2, 0.25) is 0 Å². The van der Waals surface area contributed by atoms with Crippen LogP contribution < -0.4 is 5.32 Å². The molecule has 1 heterocycles. The van der Waals surface area contributed by atoms with Crippen molar-refractivity contribution in [1.29, 1.82) is 0 Å². The maximum absolute atomic E-state index is 12.6. The first-order valence-electron chi connectivity index (χ1n) is 10.2. The van der Waals surface area contributed by atoms with E-state index in [0.717, 1.165) is 43.2 Å². The Balaban J connectivity index is 1.37. The summed E-state index contributed by atoms with van der Waals surface area (Å²) in [6.45, 7) is 2.87. The zero-order chi connectivity index (χ0) is 20.1. The number of hydrogen-bond acceptors (Lipinski definition) is 4. The van der Waals surface area contributed by atoms with Gasteiger partial charge in [-0.1, -0.05) is 66.4 Å². The second kappa shape index (κ2) is 9.27. The van der Waals surface area contributed by atoms with Crippen LogP contribution in [-0.4, -0.2) is 26.4 Å². The van der Waals surface area contributed by atoms with Crippen molar-refractivity contribution in [2.45, 2.75) is 50.4 Å². The lowest BCUT2D eigenvalue weighted by molar-refractivity contribution is -0.119. The van der Waals surface area contributed by atoms with Gasteiger partial charge in [0.1, 0.15) is 5.82 Å². The molecule has 3 aromatic rings. The van der Waals surface area contributed by atoms with E-state index < -0.39 is 0 Å². The predicted molar refractivity (Wildman–Crippen MR) is 116 cm³/mol. The molecule has 1 aromatic heterocycles. The van der Waals surface area contributed by atoms with Crippen molar-refractivity contribution in [3.63, 3.8) is 0 Å². The van der Waals surface area contributed by atoms with Gasteiger partial charge in [0.05, 0.1) is 11.8 Å². The van der Waals surface area contributed by atoms with Crippen LogP contribution >= 0.6 is 11.8 Å². The first-order valence-corrected chi connectivity index (χ1v) is 11.2. The van der Waals surface area contributed by atoms with Gasteiger partial charge < -0.3 is 9.88 Å². The predicted octanol–water partition coefficient (Wildman–Crippen LogP) is 4.17. The summed E-state index contributed by atoms with van der Waals surface area (Å²) in [4.78, 5) is 12.6. The summed E-state index contributed by atoms with van der Waals surface area (Å²) < 4.78 is 2.10. The van der Waals surface area contributed by atoms with E-state index in [1.54, 1.807) is 0 Å². The molecule has 4 rings (SSSR count). The zero-order valence-corrected chi connectivity index (χ0v) is 17.5. The van der Waals surface area contributed by atoms with Gasteiger partial charge in [-0.05, 0) is 42.9 Å². The van der Waals surface area contributed by atoms with Gasteiger partial charge in [0.15, 0.2) is 5.16 Å². The normalized spacial score (nSPS) is 15.7. The van der Waals surface area contributed by atoms with Crippen molar-refractivity contribution in [3.05, 3.63) is 77.1 Å². The zero-order valence-electron chi connectivity index (χ0n) is 16.7. The third kappa shape index (κ3) is 4.70. The minimum absolute atomic E-state index is 0.0481. The van der Waals surface area contributed by atoms with Crippen LogP contribution in [0.15, 0.2) is 59.8 Å². The van der Waals surface area contributed by atoms with Crippen molar-refractivity contribution in [2.75, 3.05) is 5.75 Å². The molecule has 0 radical (unpaired) electrons. The Kier molecular flexibility index (Phi) is 6.30. The molecule has 1 aliphatic rings. The second-order valence-corrected chi connectivity index (χ2v) is 8.25. The molecule has 5 nitrogen and oxygen atoms in total. The standard InChI is InChI=1S/C23H26N4OS/c1-2-27-21(15-17-9-4-3-5-10-17)25-26-23(27)29-16-22(28)24-20-14-8-12-18-11-6-7-13-19(18)20/h3-7,9-11,13,20H,2,8,12,14-16H2,1H3,(H,24,28). The monoisotopic (exact) mass is 406 g/mol. The molecule has 29 heavy (non-hydrogen) atoms. The van der Waals surface area contributed by atoms with Gasteiger partial charge in [0.25, 0.3) is 0 Å². The third-order valence-corrected chi connectivity index (χ3v) is 6.32. The number of aryl methyl sites for hydroxylation is 1. The van der Waals surface area contributed by atoms with Crippen molar-refractivity contribution >= 4 is 17.7 Å². The number of hydrogen-bond donors (Lipinski definition) is 1. The smallest absolute Gasteiger partial charge is 0.230 e. The molecule has 6 heteroatoms. The molecule has 0 spiro atoms. The molecule has 0 aliphatic heterocycles. The maximum atomic E-state index is 12.6. The van der Waals surface area contributed by atoms with Crippen LogP contribution in [-0.2, 0) is 24.2 Å². The number of thioether (sulfide) groups is 1. The van der Waals surface area contributed by atoms with E-state index in [-0.39, 0.29) is 11.9 Å². The average Bonchev–Trinajstić information content (AvgIpc) is 3.14. The van der Waals surface area contributed by atoms with Crippen molar-refractivity contribution < 1.29 is 4.79 Å². The Morgan fingerprint density at radius 1 is 1.14 bits per heavy atom. The maximum Gasteiger partial charge on any atom is 0.230 e. The number of nitrogens with zero attached hydrogens (tertiary/aromatic N) is 3. The summed E-state index contributed by atoms with van der Waals surface area (Å²) in [5.74, 6) is 1.33. The van der Waals surface area contributed by atoms with E-state index in [2.05, 4.69) is 63.4 Å². The quantitative estimate of drug-likeness (QED) is 0.598. The molecule has 0 fully saturated rings. The molecule has 2 aromatic carbocycles. The first kappa shape index (κ1) is 19.7. The molecule has 1 aliphatic carbocycles. The third-order valence-electron chi connectivity index (χ3n) is 5.35. The van der Waals surface area contributed by atoms with Gasteiger partial charge in [-0.15, -0.1) is 10.2 Å². The van der Waals surface area contributed by atoms with Crippen molar-refractivity contribution in [3.8, 4) is 0 Å². The van der Waals surface area contributed by atoms with E-state index in [1.165, 1.54) is 28.5 Å². The van der Waals surface area contributed by atoms with E-state index in [1.807, 2.05) is 18.2 Å². The SMILES string of the molecule is CCn1c(Cc2ccccc2)nnc1SCC(=O)NC1CCCc2ccccc21. The lowest BCUT2D eigenvalue weighted by Crippen LogP contribution is -2.32. The van der Waals surface area contributed by atoms with Gasteiger partial charge in [-0.25, -0.2) is 0 Å². The molecular weight excluding hydrogens is 380 g/mol. The Bertz CT molecular complexity index is 970. The fourth-order valence-electron chi connectivity index (χ4n) is 3.92. The largest absolute Gasteiger partial charge is 0.349 e. The lowest BCUT2D eigenvalue weighted by atomic mass is 9.88. The molecular formula is C23H26N4OS. The number of nitrogens with one attached hydrogen (secondary N) is 1. The summed E-state index contributed by atoms with van der Waals surface area (Å²) in [6.07, 6.45) is 3.95. The van der Waals surface area contributed by atoms with Gasteiger partial charge in [0, 0.05) is 13.0 Å². The molecule has 150 valence electrons. The van der Waals surface area contributed by atoms with Crippen LogP contribution in [0, 0.1) is 0 Å². The van der Waals surface area contributed by atoms with Gasteiger partial charge in [0.2, 0.25) is 5.91 Å². The second-order valence-electron chi connectivity index (χ2n) is 7.31. The van der Waals surface area contributed by atoms with E-state index in [9.17, 15) is 4.79 Å². The molecule has 1 atom stereocenters. The van der Waals surface area contributed by atoms with E-state index in [0.29, 0.717) is 5.75 Å². The van der Waals surface area contributed by atoms with Gasteiger partial charge in [-0.2, -0.15) is 0 Å². The number of aromatic nitrogens is 3. The van der Waals surface area contributed by atoms with Crippen LogP contribution in [0.25, 0.3) is 0 Å². The van der Waals surface area contributed by atoms with Crippen molar-refractivity contribution in [1.82, 2.24) is 20.1 Å². The number of fused-ring (bicyclic) bond motifs is 1. The van der Waals surface area contributed by atoms with Crippen LogP contribution in [0.3, 0.4) is 0 Å². The molecule has 0 bridgehead atoms. The summed E-state index contributed by atoms with van der Waals surface area (Å²) in [5, 5.41) is 12.7. The summed E-state index contributed by atoms with van der Waals surface area (Å²) in [6, 6.07) is 18.8. The van der Waals surface area contributed by atoms with Gasteiger partial charge in [-0.3, -0.25) is 4.79 Å². The Morgan fingerprint density at radius 3 is 2.76 bits per heavy atom. The summed E-state index contributed by atoms with van der Waals surface area (Å²) in [7, 11) is 0. The fraction of sp³-hybridized carbons (Fsp3) is 0.348. The molecule has 1 amide bonds. The number of amides is 1. The van der Waals surface area contributed by atoms with Crippen LogP contribution in [0.1, 0.15) is 48.3 Å². The van der Waals surface area contributed by atoms with Gasteiger partial charge >= 0.3 is 0 Å².